The topological polar surface area (TPSA) is 87.5 Å². The van der Waals surface area contributed by atoms with E-state index in [2.05, 4.69) is 29.5 Å². The number of amides is 1. The van der Waals surface area contributed by atoms with Crippen LogP contribution in [0.5, 0.6) is 0 Å². The predicted octanol–water partition coefficient (Wildman–Crippen LogP) is 3.65. The number of anilines is 1. The Balaban J connectivity index is 0.00000166. The number of carbonyl (C=O) groups excluding carboxylic acids is 2. The Kier molecular flexibility index (Phi) is 8.52. The number of nitrogens with zero attached hydrogens (tertiary/aromatic N) is 1. The summed E-state index contributed by atoms with van der Waals surface area (Å²) in [4.78, 5) is 25.1. The first kappa shape index (κ1) is 23.8. The molecular formula is C24H29FN4O2. The first-order chi connectivity index (χ1) is 14.9. The summed E-state index contributed by atoms with van der Waals surface area (Å²) in [5.74, 6) is -0.644. The molecule has 0 aromatic heterocycles. The first-order valence-electron chi connectivity index (χ1n) is 10.0. The largest absolute Gasteiger partial charge is 0.381 e. The summed E-state index contributed by atoms with van der Waals surface area (Å²) < 4.78 is 14.3. The van der Waals surface area contributed by atoms with Gasteiger partial charge in [-0.15, -0.1) is 0 Å². The molecule has 1 heterocycles. The van der Waals surface area contributed by atoms with E-state index in [0.29, 0.717) is 30.5 Å². The van der Waals surface area contributed by atoms with Crippen LogP contribution in [0, 0.1) is 5.82 Å². The van der Waals surface area contributed by atoms with Gasteiger partial charge in [0.05, 0.1) is 12.1 Å². The van der Waals surface area contributed by atoms with Gasteiger partial charge in [0.1, 0.15) is 5.82 Å². The number of carbonyl (C=O) groups is 2. The van der Waals surface area contributed by atoms with Crippen LogP contribution in [0.4, 0.5) is 10.1 Å². The van der Waals surface area contributed by atoms with Gasteiger partial charge < -0.3 is 21.3 Å². The van der Waals surface area contributed by atoms with Gasteiger partial charge in [0.15, 0.2) is 6.29 Å². The van der Waals surface area contributed by atoms with E-state index in [4.69, 9.17) is 0 Å². The van der Waals surface area contributed by atoms with Gasteiger partial charge in [-0.3, -0.25) is 9.59 Å². The minimum Gasteiger partial charge on any atom is -0.381 e. The molecule has 0 saturated heterocycles. The average molecular weight is 425 g/mol. The van der Waals surface area contributed by atoms with Crippen LogP contribution in [0.2, 0.25) is 0 Å². The molecule has 0 bridgehead atoms. The summed E-state index contributed by atoms with van der Waals surface area (Å²) in [6.45, 7) is 10.8. The highest BCUT2D eigenvalue weighted by Gasteiger charge is 2.26. The lowest BCUT2D eigenvalue weighted by atomic mass is 10.1. The molecule has 0 saturated carbocycles. The molecule has 0 spiro atoms. The van der Waals surface area contributed by atoms with Gasteiger partial charge in [0, 0.05) is 46.9 Å². The third-order valence-corrected chi connectivity index (χ3v) is 5.00. The highest BCUT2D eigenvalue weighted by molar-refractivity contribution is 5.83. The quantitative estimate of drug-likeness (QED) is 0.563. The summed E-state index contributed by atoms with van der Waals surface area (Å²) in [5.41, 5.74) is 9.22. The number of fused-ring (bicyclic) bond motifs is 1. The molecule has 1 amide bonds. The van der Waals surface area contributed by atoms with Gasteiger partial charge in [-0.05, 0) is 25.6 Å². The molecule has 0 radical (unpaired) electrons. The van der Waals surface area contributed by atoms with Gasteiger partial charge in [-0.1, -0.05) is 44.3 Å². The molecule has 0 aliphatic carbocycles. The Labute approximate surface area is 182 Å². The number of rotatable bonds is 8. The minimum atomic E-state index is -0.513. The normalized spacial score (nSPS) is 11.9. The molecule has 3 rings (SSSR count). The molecule has 0 atom stereocenters. The lowest BCUT2D eigenvalue weighted by Crippen LogP contribution is -2.33. The molecule has 1 aliphatic rings. The van der Waals surface area contributed by atoms with Crippen molar-refractivity contribution in [1.82, 2.24) is 10.2 Å². The van der Waals surface area contributed by atoms with Crippen LogP contribution in [0.1, 0.15) is 40.4 Å². The van der Waals surface area contributed by atoms with E-state index in [1.54, 1.807) is 12.1 Å². The Morgan fingerprint density at radius 3 is 2.65 bits per heavy atom. The number of hydrogen-bond donors (Lipinski definition) is 3. The number of benzene rings is 2. The van der Waals surface area contributed by atoms with Crippen molar-refractivity contribution in [3.05, 3.63) is 83.3 Å². The molecule has 4 N–H and O–H groups in total. The van der Waals surface area contributed by atoms with E-state index in [1.165, 1.54) is 13.1 Å². The summed E-state index contributed by atoms with van der Waals surface area (Å²) >= 11 is 0. The van der Waals surface area contributed by atoms with Crippen molar-refractivity contribution < 1.29 is 14.0 Å². The predicted molar refractivity (Wildman–Crippen MR) is 123 cm³/mol. The maximum atomic E-state index is 14.3. The van der Waals surface area contributed by atoms with Gasteiger partial charge >= 0.3 is 0 Å². The van der Waals surface area contributed by atoms with Crippen molar-refractivity contribution in [3.8, 4) is 0 Å². The summed E-state index contributed by atoms with van der Waals surface area (Å²) in [7, 11) is 1.50. The lowest BCUT2D eigenvalue weighted by Gasteiger charge is -2.19. The lowest BCUT2D eigenvalue weighted by molar-refractivity contribution is -0.120. The molecule has 2 aromatic carbocycles. The van der Waals surface area contributed by atoms with E-state index >= 15 is 0 Å². The summed E-state index contributed by atoms with van der Waals surface area (Å²) in [6.07, 6.45) is 1.20. The van der Waals surface area contributed by atoms with Gasteiger partial charge in [0.25, 0.3) is 0 Å². The first-order valence-corrected chi connectivity index (χ1v) is 10.0. The number of nitrogens with one attached hydrogen (secondary N) is 2. The van der Waals surface area contributed by atoms with Crippen LogP contribution in [0.15, 0.2) is 55.3 Å². The molecule has 1 aliphatic heterocycles. The fourth-order valence-corrected chi connectivity index (χ4v) is 3.32. The third-order valence-electron chi connectivity index (χ3n) is 5.00. The Hall–Kier alpha value is -3.45. The van der Waals surface area contributed by atoms with E-state index < -0.39 is 5.82 Å². The number of nitrogens with two attached hydrogens (primary N) is 1. The second-order valence-corrected chi connectivity index (χ2v) is 6.93. The molecule has 0 fully saturated rings. The van der Waals surface area contributed by atoms with Crippen LogP contribution >= 0.6 is 0 Å². The van der Waals surface area contributed by atoms with Crippen LogP contribution in [-0.2, 0) is 17.9 Å². The fourth-order valence-electron chi connectivity index (χ4n) is 3.32. The average Bonchev–Trinajstić information content (AvgIpc) is 3.10. The molecule has 164 valence electrons. The fraction of sp³-hybridized carbons (Fsp3) is 0.250. The van der Waals surface area contributed by atoms with E-state index in [1.807, 2.05) is 30.0 Å². The van der Waals surface area contributed by atoms with E-state index in [0.717, 1.165) is 22.5 Å². The maximum Gasteiger partial charge on any atom is 0.243 e. The number of halogens is 1. The minimum absolute atomic E-state index is 0.0434. The second kappa shape index (κ2) is 11.1. The number of hydrogen-bond acceptors (Lipinski definition) is 5. The van der Waals surface area contributed by atoms with E-state index in [9.17, 15) is 14.0 Å². The van der Waals surface area contributed by atoms with Crippen molar-refractivity contribution >= 4 is 23.6 Å². The second-order valence-electron chi connectivity index (χ2n) is 6.93. The number of allylic oxidation sites excluding steroid dienone is 1. The Morgan fingerprint density at radius 1 is 1.26 bits per heavy atom. The van der Waals surface area contributed by atoms with Gasteiger partial charge in [-0.2, -0.15) is 0 Å². The van der Waals surface area contributed by atoms with Crippen LogP contribution in [-0.4, -0.2) is 30.7 Å². The maximum absolute atomic E-state index is 14.3. The zero-order chi connectivity index (χ0) is 23.0. The monoisotopic (exact) mass is 424 g/mol. The highest BCUT2D eigenvalue weighted by Crippen LogP contribution is 2.36. The van der Waals surface area contributed by atoms with Crippen molar-refractivity contribution in [2.45, 2.75) is 26.4 Å². The Bertz CT molecular complexity index is 988. The van der Waals surface area contributed by atoms with Gasteiger partial charge in [0.2, 0.25) is 5.91 Å². The van der Waals surface area contributed by atoms with Crippen LogP contribution in [0.25, 0.3) is 5.70 Å². The highest BCUT2D eigenvalue weighted by atomic mass is 19.1. The summed E-state index contributed by atoms with van der Waals surface area (Å²) in [5, 5.41) is 6.03. The molecular weight excluding hydrogens is 395 g/mol. The van der Waals surface area contributed by atoms with Gasteiger partial charge in [-0.25, -0.2) is 4.39 Å². The van der Waals surface area contributed by atoms with Crippen molar-refractivity contribution in [2.24, 2.45) is 5.73 Å². The zero-order valence-corrected chi connectivity index (χ0v) is 18.0. The zero-order valence-electron chi connectivity index (χ0n) is 18.0. The molecule has 2 aromatic rings. The molecule has 7 heteroatoms. The smallest absolute Gasteiger partial charge is 0.243 e. The van der Waals surface area contributed by atoms with Crippen molar-refractivity contribution in [1.29, 1.82) is 0 Å². The van der Waals surface area contributed by atoms with E-state index in [-0.39, 0.29) is 24.6 Å². The third kappa shape index (κ3) is 5.58. The van der Waals surface area contributed by atoms with Crippen molar-refractivity contribution in [3.63, 3.8) is 0 Å². The molecule has 31 heavy (non-hydrogen) atoms. The summed E-state index contributed by atoms with van der Waals surface area (Å²) in [6, 6.07) is 10.5. The molecule has 6 nitrogen and oxygen atoms in total. The Morgan fingerprint density at radius 2 is 1.97 bits per heavy atom. The van der Waals surface area contributed by atoms with Crippen molar-refractivity contribution in [2.75, 3.05) is 18.9 Å². The van der Waals surface area contributed by atoms with Crippen LogP contribution < -0.4 is 16.4 Å². The molecule has 0 unspecified atom stereocenters. The van der Waals surface area contributed by atoms with Crippen LogP contribution in [0.3, 0.4) is 0 Å². The SMILES string of the molecule is C=C(CC)NC(=O)CN1Cc2c(NCc3cccc(C=O)c3F)cccc2C1=C.CN. The standard InChI is InChI=1S/C23H24FN3O2.CH5N/c1-4-15(2)26-22(29)13-27-12-20-19(16(27)3)9-6-10-21(20)25-11-17-7-5-8-18(14-28)23(17)24;1-2/h5-10,14,25H,2-4,11-13H2,1H3,(H,26,29);2H2,1H3. The number of aldehydes is 1.